The van der Waals surface area contributed by atoms with Crippen LogP contribution >= 0.6 is 0 Å². The van der Waals surface area contributed by atoms with Gasteiger partial charge in [0.15, 0.2) is 5.82 Å². The van der Waals surface area contributed by atoms with Crippen LogP contribution in [0.4, 0.5) is 5.82 Å². The van der Waals surface area contributed by atoms with Gasteiger partial charge in [0.25, 0.3) is 0 Å². The summed E-state index contributed by atoms with van der Waals surface area (Å²) in [4.78, 5) is 26.9. The second-order valence-corrected chi connectivity index (χ2v) is 7.11. The van der Waals surface area contributed by atoms with Crippen LogP contribution in [0.1, 0.15) is 38.2 Å². The molecule has 24 heavy (non-hydrogen) atoms. The van der Waals surface area contributed by atoms with E-state index < -0.39 is 5.41 Å². The number of aromatic amines is 1. The molecule has 1 aliphatic heterocycles. The Labute approximate surface area is 140 Å². The number of nitrogens with zero attached hydrogens (tertiary/aromatic N) is 4. The molecule has 0 radical (unpaired) electrons. The van der Waals surface area contributed by atoms with E-state index in [1.54, 1.807) is 11.2 Å². The Balaban J connectivity index is 1.83. The fourth-order valence-electron chi connectivity index (χ4n) is 3.57. The summed E-state index contributed by atoms with van der Waals surface area (Å²) >= 11 is 0. The van der Waals surface area contributed by atoms with Gasteiger partial charge in [-0.2, -0.15) is 0 Å². The van der Waals surface area contributed by atoms with Gasteiger partial charge in [-0.3, -0.25) is 9.69 Å². The van der Waals surface area contributed by atoms with E-state index in [1.807, 2.05) is 44.8 Å². The summed E-state index contributed by atoms with van der Waals surface area (Å²) in [6.07, 6.45) is 9.28. The van der Waals surface area contributed by atoms with Crippen molar-refractivity contribution in [3.05, 3.63) is 47.6 Å². The van der Waals surface area contributed by atoms with Crippen LogP contribution in [0.3, 0.4) is 0 Å². The Bertz CT molecular complexity index is 896. The first-order valence-corrected chi connectivity index (χ1v) is 8.16. The van der Waals surface area contributed by atoms with E-state index in [0.717, 1.165) is 35.6 Å². The zero-order valence-corrected chi connectivity index (χ0v) is 14.4. The van der Waals surface area contributed by atoms with Gasteiger partial charge < -0.3 is 9.55 Å². The van der Waals surface area contributed by atoms with E-state index in [1.165, 1.54) is 5.57 Å². The maximum atomic E-state index is 13.0. The molecule has 1 N–H and O–H groups in total. The first kappa shape index (κ1) is 14.9. The number of allylic oxidation sites excluding steroid dienone is 2. The summed E-state index contributed by atoms with van der Waals surface area (Å²) in [6.45, 7) is 6.00. The third-order valence-electron chi connectivity index (χ3n) is 4.92. The van der Waals surface area contributed by atoms with Crippen LogP contribution in [-0.2, 0) is 11.8 Å². The maximum absolute atomic E-state index is 13.0. The number of hydrogen-bond donors (Lipinski definition) is 1. The third kappa shape index (κ3) is 2.06. The topological polar surface area (TPSA) is 66.8 Å². The van der Waals surface area contributed by atoms with Crippen LogP contribution in [0.2, 0.25) is 0 Å². The Hall–Kier alpha value is -2.63. The third-order valence-corrected chi connectivity index (χ3v) is 4.92. The molecule has 0 fully saturated rings. The van der Waals surface area contributed by atoms with Crippen molar-refractivity contribution in [1.82, 2.24) is 19.5 Å². The van der Waals surface area contributed by atoms with Gasteiger partial charge in [-0.05, 0) is 50.8 Å². The number of rotatable bonds is 2. The molecule has 0 atom stereocenters. The molecule has 0 bridgehead atoms. The Morgan fingerprint density at radius 3 is 2.67 bits per heavy atom. The monoisotopic (exact) mass is 323 g/mol. The molecule has 2 aliphatic rings. The van der Waals surface area contributed by atoms with Crippen LogP contribution in [0, 0.1) is 12.3 Å². The van der Waals surface area contributed by atoms with Gasteiger partial charge in [-0.1, -0.05) is 0 Å². The lowest BCUT2D eigenvalue weighted by Gasteiger charge is -2.21. The molecule has 0 unspecified atom stereocenters. The largest absolute Gasteiger partial charge is 0.342 e. The van der Waals surface area contributed by atoms with Gasteiger partial charge in [0.05, 0.1) is 17.4 Å². The predicted octanol–water partition coefficient (Wildman–Crippen LogP) is 2.96. The molecule has 4 rings (SSSR count). The average molecular weight is 323 g/mol. The summed E-state index contributed by atoms with van der Waals surface area (Å²) in [6, 6.07) is 0. The van der Waals surface area contributed by atoms with Gasteiger partial charge in [-0.25, -0.2) is 9.97 Å². The van der Waals surface area contributed by atoms with Crippen molar-refractivity contribution in [2.24, 2.45) is 12.5 Å². The number of nitrogens with one attached hydrogen (secondary N) is 1. The smallest absolute Gasteiger partial charge is 0.242 e. The minimum atomic E-state index is -0.492. The second kappa shape index (κ2) is 4.93. The van der Waals surface area contributed by atoms with Gasteiger partial charge in [-0.15, -0.1) is 0 Å². The van der Waals surface area contributed by atoms with E-state index in [-0.39, 0.29) is 5.91 Å². The Morgan fingerprint density at radius 1 is 1.25 bits per heavy atom. The summed E-state index contributed by atoms with van der Waals surface area (Å²) in [5, 5.41) is 0. The highest BCUT2D eigenvalue weighted by Gasteiger charge is 2.47. The van der Waals surface area contributed by atoms with Crippen molar-refractivity contribution < 1.29 is 4.79 Å². The SMILES string of the molecule is Cc1cnc(C2=CC3=C(CC2)C(C)(C)C(=O)N3c2cn(C)cn2)[nH]1. The van der Waals surface area contributed by atoms with Crippen LogP contribution in [0.5, 0.6) is 0 Å². The second-order valence-electron chi connectivity index (χ2n) is 7.11. The highest BCUT2D eigenvalue weighted by Crippen LogP contribution is 2.48. The van der Waals surface area contributed by atoms with Gasteiger partial charge in [0.2, 0.25) is 5.91 Å². The molecule has 0 spiro atoms. The number of carbonyl (C=O) groups is 1. The highest BCUT2D eigenvalue weighted by molar-refractivity contribution is 6.06. The normalized spacial score (nSPS) is 19.8. The summed E-state index contributed by atoms with van der Waals surface area (Å²) < 4.78 is 1.86. The van der Waals surface area contributed by atoms with Crippen LogP contribution < -0.4 is 4.90 Å². The van der Waals surface area contributed by atoms with Crippen molar-refractivity contribution in [2.45, 2.75) is 33.6 Å². The fourth-order valence-corrected chi connectivity index (χ4v) is 3.57. The number of amides is 1. The highest BCUT2D eigenvalue weighted by atomic mass is 16.2. The van der Waals surface area contributed by atoms with E-state index in [0.29, 0.717) is 5.82 Å². The van der Waals surface area contributed by atoms with Crippen molar-refractivity contribution in [1.29, 1.82) is 0 Å². The molecule has 6 nitrogen and oxygen atoms in total. The lowest BCUT2D eigenvalue weighted by Crippen LogP contribution is -2.33. The number of anilines is 1. The van der Waals surface area contributed by atoms with Gasteiger partial charge in [0.1, 0.15) is 5.82 Å². The first-order chi connectivity index (χ1) is 11.4. The standard InChI is InChI=1S/C18H21N5O/c1-11-8-19-16(21-11)12-5-6-13-14(7-12)23(17(24)18(13,2)3)15-9-22(4)10-20-15/h7-10H,5-6H2,1-4H3,(H,19,21). The number of aromatic nitrogens is 4. The number of imidazole rings is 2. The molecule has 0 aromatic carbocycles. The van der Waals surface area contributed by atoms with E-state index in [2.05, 4.69) is 21.0 Å². The number of aryl methyl sites for hydroxylation is 2. The quantitative estimate of drug-likeness (QED) is 0.924. The van der Waals surface area contributed by atoms with Crippen molar-refractivity contribution in [3.8, 4) is 0 Å². The zero-order chi connectivity index (χ0) is 17.1. The fraction of sp³-hybridized carbons (Fsp3) is 0.389. The van der Waals surface area contributed by atoms with Crippen molar-refractivity contribution in [2.75, 3.05) is 4.90 Å². The van der Waals surface area contributed by atoms with Crippen LogP contribution in [0.25, 0.3) is 5.57 Å². The Morgan fingerprint density at radius 2 is 2.04 bits per heavy atom. The first-order valence-electron chi connectivity index (χ1n) is 8.16. The van der Waals surface area contributed by atoms with Crippen molar-refractivity contribution in [3.63, 3.8) is 0 Å². The summed E-state index contributed by atoms with van der Waals surface area (Å²) in [5.74, 6) is 1.64. The molecule has 2 aromatic rings. The molecule has 6 heteroatoms. The van der Waals surface area contributed by atoms with Gasteiger partial charge >= 0.3 is 0 Å². The predicted molar refractivity (Wildman–Crippen MR) is 92.0 cm³/mol. The molecule has 2 aromatic heterocycles. The Kier molecular flexibility index (Phi) is 3.07. The van der Waals surface area contributed by atoms with Crippen LogP contribution in [0.15, 0.2) is 36.1 Å². The van der Waals surface area contributed by atoms with Crippen LogP contribution in [-0.4, -0.2) is 25.4 Å². The molecule has 124 valence electrons. The molecular weight excluding hydrogens is 302 g/mol. The molecule has 1 amide bonds. The molecular formula is C18H21N5O. The molecule has 1 aliphatic carbocycles. The van der Waals surface area contributed by atoms with E-state index in [4.69, 9.17) is 0 Å². The molecule has 0 saturated heterocycles. The minimum Gasteiger partial charge on any atom is -0.342 e. The summed E-state index contributed by atoms with van der Waals surface area (Å²) in [7, 11) is 1.91. The summed E-state index contributed by atoms with van der Waals surface area (Å²) in [5.41, 5.74) is 3.82. The zero-order valence-electron chi connectivity index (χ0n) is 14.4. The molecule has 3 heterocycles. The maximum Gasteiger partial charge on any atom is 0.242 e. The number of hydrogen-bond acceptors (Lipinski definition) is 3. The molecule has 0 saturated carbocycles. The van der Waals surface area contributed by atoms with Gasteiger partial charge in [0, 0.05) is 25.1 Å². The lowest BCUT2D eigenvalue weighted by atomic mass is 9.80. The lowest BCUT2D eigenvalue weighted by molar-refractivity contribution is -0.123. The number of H-pyrrole nitrogens is 1. The van der Waals surface area contributed by atoms with Crippen molar-refractivity contribution >= 4 is 17.3 Å². The van der Waals surface area contributed by atoms with E-state index in [9.17, 15) is 4.79 Å². The average Bonchev–Trinajstić information content (AvgIpc) is 3.20. The number of carbonyl (C=O) groups excluding carboxylic acids is 1. The minimum absolute atomic E-state index is 0.0827. The van der Waals surface area contributed by atoms with E-state index >= 15 is 0 Å².